The lowest BCUT2D eigenvalue weighted by molar-refractivity contribution is 0.102. The van der Waals surface area contributed by atoms with E-state index in [2.05, 4.69) is 32.2 Å². The summed E-state index contributed by atoms with van der Waals surface area (Å²) in [6, 6.07) is 18.7. The zero-order chi connectivity index (χ0) is 23.4. The number of para-hydroxylation sites is 1. The Hall–Kier alpha value is -3.67. The molecule has 0 bridgehead atoms. The van der Waals surface area contributed by atoms with Crippen LogP contribution in [-0.2, 0) is 12.0 Å². The number of rotatable bonds is 7. The van der Waals surface area contributed by atoms with Gasteiger partial charge in [-0.3, -0.25) is 4.79 Å². The zero-order valence-electron chi connectivity index (χ0n) is 19.4. The van der Waals surface area contributed by atoms with Crippen molar-refractivity contribution in [2.24, 2.45) is 0 Å². The molecule has 0 saturated heterocycles. The van der Waals surface area contributed by atoms with Crippen LogP contribution in [0.2, 0.25) is 0 Å². The van der Waals surface area contributed by atoms with Gasteiger partial charge in [-0.1, -0.05) is 39.0 Å². The molecule has 0 fully saturated rings. The summed E-state index contributed by atoms with van der Waals surface area (Å²) in [7, 11) is 0. The second kappa shape index (κ2) is 9.45. The molecule has 6 nitrogen and oxygen atoms in total. The van der Waals surface area contributed by atoms with Gasteiger partial charge in [0.1, 0.15) is 18.1 Å². The van der Waals surface area contributed by atoms with Crippen LogP contribution in [0.5, 0.6) is 23.0 Å². The molecule has 1 aliphatic heterocycles. The van der Waals surface area contributed by atoms with Crippen molar-refractivity contribution in [2.75, 3.05) is 18.7 Å². The predicted octanol–water partition coefficient (Wildman–Crippen LogP) is 5.94. The SMILES string of the molecule is CCOc1ccc(C(=O)Nc2ccc3c(c2)OCO3)cc1COc1ccccc1C(C)(C)C. The summed E-state index contributed by atoms with van der Waals surface area (Å²) in [4.78, 5) is 12.9. The summed E-state index contributed by atoms with van der Waals surface area (Å²) < 4.78 is 22.7. The molecule has 6 heteroatoms. The molecule has 172 valence electrons. The fourth-order valence-electron chi connectivity index (χ4n) is 3.67. The molecule has 0 atom stereocenters. The Bertz CT molecular complexity index is 1150. The van der Waals surface area contributed by atoms with E-state index in [9.17, 15) is 4.79 Å². The monoisotopic (exact) mass is 447 g/mol. The van der Waals surface area contributed by atoms with Gasteiger partial charge < -0.3 is 24.3 Å². The van der Waals surface area contributed by atoms with Crippen LogP contribution in [0.1, 0.15) is 49.2 Å². The quantitative estimate of drug-likeness (QED) is 0.485. The zero-order valence-corrected chi connectivity index (χ0v) is 19.4. The van der Waals surface area contributed by atoms with Gasteiger partial charge in [-0.05, 0) is 54.3 Å². The average molecular weight is 448 g/mol. The minimum absolute atomic E-state index is 0.0499. The van der Waals surface area contributed by atoms with E-state index in [0.29, 0.717) is 35.1 Å². The number of carbonyl (C=O) groups is 1. The lowest BCUT2D eigenvalue weighted by atomic mass is 9.86. The maximum absolute atomic E-state index is 12.9. The minimum atomic E-state index is -0.228. The molecule has 0 unspecified atom stereocenters. The molecule has 0 saturated carbocycles. The molecule has 3 aromatic rings. The van der Waals surface area contributed by atoms with Gasteiger partial charge in [0.15, 0.2) is 11.5 Å². The first-order valence-corrected chi connectivity index (χ1v) is 11.0. The fourth-order valence-corrected chi connectivity index (χ4v) is 3.67. The second-order valence-corrected chi connectivity index (χ2v) is 8.81. The molecular formula is C27H29NO5. The number of fused-ring (bicyclic) bond motifs is 1. The summed E-state index contributed by atoms with van der Waals surface area (Å²) in [6.45, 7) is 9.39. The Morgan fingerprint density at radius 1 is 0.939 bits per heavy atom. The van der Waals surface area contributed by atoms with Crippen molar-refractivity contribution in [1.29, 1.82) is 0 Å². The highest BCUT2D eigenvalue weighted by molar-refractivity contribution is 6.04. The molecule has 33 heavy (non-hydrogen) atoms. The van der Waals surface area contributed by atoms with E-state index < -0.39 is 0 Å². The number of carbonyl (C=O) groups excluding carboxylic acids is 1. The summed E-state index contributed by atoms with van der Waals surface area (Å²) in [6.07, 6.45) is 0. The van der Waals surface area contributed by atoms with Gasteiger partial charge in [0.2, 0.25) is 6.79 Å². The van der Waals surface area contributed by atoms with Crippen LogP contribution in [0.25, 0.3) is 0 Å². The number of benzene rings is 3. The van der Waals surface area contributed by atoms with Crippen LogP contribution in [-0.4, -0.2) is 19.3 Å². The van der Waals surface area contributed by atoms with Crippen molar-refractivity contribution in [3.63, 3.8) is 0 Å². The van der Waals surface area contributed by atoms with E-state index in [4.69, 9.17) is 18.9 Å². The lowest BCUT2D eigenvalue weighted by Crippen LogP contribution is -2.14. The average Bonchev–Trinajstić information content (AvgIpc) is 3.26. The van der Waals surface area contributed by atoms with Crippen molar-refractivity contribution in [2.45, 2.75) is 39.7 Å². The lowest BCUT2D eigenvalue weighted by Gasteiger charge is -2.23. The summed E-state index contributed by atoms with van der Waals surface area (Å²) >= 11 is 0. The van der Waals surface area contributed by atoms with Gasteiger partial charge in [0, 0.05) is 22.9 Å². The molecular weight excluding hydrogens is 418 g/mol. The fraction of sp³-hybridized carbons (Fsp3) is 0.296. The van der Waals surface area contributed by atoms with Crippen LogP contribution < -0.4 is 24.3 Å². The van der Waals surface area contributed by atoms with E-state index >= 15 is 0 Å². The third kappa shape index (κ3) is 5.22. The maximum atomic E-state index is 12.9. The van der Waals surface area contributed by atoms with Crippen molar-refractivity contribution in [3.8, 4) is 23.0 Å². The van der Waals surface area contributed by atoms with Crippen LogP contribution in [0.15, 0.2) is 60.7 Å². The smallest absolute Gasteiger partial charge is 0.255 e. The van der Waals surface area contributed by atoms with Crippen molar-refractivity contribution >= 4 is 11.6 Å². The molecule has 0 aliphatic carbocycles. The predicted molar refractivity (Wildman–Crippen MR) is 128 cm³/mol. The van der Waals surface area contributed by atoms with Crippen LogP contribution >= 0.6 is 0 Å². The normalized spacial score (nSPS) is 12.4. The molecule has 1 amide bonds. The van der Waals surface area contributed by atoms with Crippen LogP contribution in [0, 0.1) is 0 Å². The molecule has 0 spiro atoms. The molecule has 0 aromatic heterocycles. The highest BCUT2D eigenvalue weighted by Crippen LogP contribution is 2.35. The van der Waals surface area contributed by atoms with Gasteiger partial charge in [-0.2, -0.15) is 0 Å². The topological polar surface area (TPSA) is 66.0 Å². The van der Waals surface area contributed by atoms with E-state index in [1.807, 2.05) is 37.3 Å². The van der Waals surface area contributed by atoms with Gasteiger partial charge in [0.25, 0.3) is 5.91 Å². The molecule has 1 N–H and O–H groups in total. The molecule has 4 rings (SSSR count). The van der Waals surface area contributed by atoms with E-state index in [-0.39, 0.29) is 24.7 Å². The van der Waals surface area contributed by atoms with E-state index in [0.717, 1.165) is 16.9 Å². The van der Waals surface area contributed by atoms with Crippen LogP contribution in [0.3, 0.4) is 0 Å². The van der Waals surface area contributed by atoms with Crippen LogP contribution in [0.4, 0.5) is 5.69 Å². The highest BCUT2D eigenvalue weighted by atomic mass is 16.7. The summed E-state index contributed by atoms with van der Waals surface area (Å²) in [5.41, 5.74) is 3.03. The number of ether oxygens (including phenoxy) is 4. The van der Waals surface area contributed by atoms with Gasteiger partial charge in [-0.25, -0.2) is 0 Å². The first-order chi connectivity index (χ1) is 15.8. The number of hydrogen-bond acceptors (Lipinski definition) is 5. The Morgan fingerprint density at radius 3 is 2.52 bits per heavy atom. The Morgan fingerprint density at radius 2 is 1.73 bits per heavy atom. The summed E-state index contributed by atoms with van der Waals surface area (Å²) in [5.74, 6) is 2.58. The minimum Gasteiger partial charge on any atom is -0.493 e. The largest absolute Gasteiger partial charge is 0.493 e. The van der Waals surface area contributed by atoms with Gasteiger partial charge in [0.05, 0.1) is 6.61 Å². The maximum Gasteiger partial charge on any atom is 0.255 e. The molecule has 1 heterocycles. The highest BCUT2D eigenvalue weighted by Gasteiger charge is 2.19. The van der Waals surface area contributed by atoms with E-state index in [1.54, 1.807) is 24.3 Å². The number of nitrogens with one attached hydrogen (secondary N) is 1. The van der Waals surface area contributed by atoms with Gasteiger partial charge >= 0.3 is 0 Å². The van der Waals surface area contributed by atoms with Crippen molar-refractivity contribution < 1.29 is 23.7 Å². The van der Waals surface area contributed by atoms with Crippen molar-refractivity contribution in [3.05, 3.63) is 77.4 Å². The summed E-state index contributed by atoms with van der Waals surface area (Å²) in [5, 5.41) is 2.91. The first-order valence-electron chi connectivity index (χ1n) is 11.0. The van der Waals surface area contributed by atoms with E-state index in [1.165, 1.54) is 0 Å². The van der Waals surface area contributed by atoms with Gasteiger partial charge in [-0.15, -0.1) is 0 Å². The Kier molecular flexibility index (Phi) is 6.45. The Balaban J connectivity index is 1.54. The number of hydrogen-bond donors (Lipinski definition) is 1. The van der Waals surface area contributed by atoms with Crippen molar-refractivity contribution in [1.82, 2.24) is 0 Å². The third-order valence-corrected chi connectivity index (χ3v) is 5.33. The Labute approximate surface area is 194 Å². The molecule has 1 aliphatic rings. The number of anilines is 1. The second-order valence-electron chi connectivity index (χ2n) is 8.81. The third-order valence-electron chi connectivity index (χ3n) is 5.33. The standard InChI is InChI=1S/C27H29NO5/c1-5-30-22-12-10-18(26(29)28-20-11-13-24-25(15-20)33-17-32-24)14-19(22)16-31-23-9-7-6-8-21(23)27(2,3)4/h6-15H,5,16-17H2,1-4H3,(H,28,29). The number of amides is 1. The first kappa shape index (κ1) is 22.5. The molecule has 0 radical (unpaired) electrons. The molecule has 3 aromatic carbocycles.